The van der Waals surface area contributed by atoms with E-state index < -0.39 is 0 Å². The number of anilines is 1. The van der Waals surface area contributed by atoms with Crippen molar-refractivity contribution >= 4 is 11.8 Å². The van der Waals surface area contributed by atoms with Crippen molar-refractivity contribution in [2.45, 2.75) is 38.5 Å². The highest BCUT2D eigenvalue weighted by Gasteiger charge is 2.34. The third kappa shape index (κ3) is 3.61. The molecule has 2 aliphatic heterocycles. The lowest BCUT2D eigenvalue weighted by Crippen LogP contribution is -2.50. The lowest BCUT2D eigenvalue weighted by molar-refractivity contribution is -0.127. The first-order valence-electron chi connectivity index (χ1n) is 7.43. The van der Waals surface area contributed by atoms with Gasteiger partial charge in [0.25, 0.3) is 0 Å². The normalized spacial score (nSPS) is 24.3. The van der Waals surface area contributed by atoms with Gasteiger partial charge in [-0.3, -0.25) is 15.0 Å². The summed E-state index contributed by atoms with van der Waals surface area (Å²) in [5.74, 6) is 0.287. The average Bonchev–Trinajstić information content (AvgIpc) is 3.11. The van der Waals surface area contributed by atoms with Gasteiger partial charge in [-0.15, -0.1) is 0 Å². The van der Waals surface area contributed by atoms with Gasteiger partial charge in [-0.2, -0.15) is 0 Å². The molecule has 3 heterocycles. The van der Waals surface area contributed by atoms with E-state index in [0.29, 0.717) is 25.6 Å². The quantitative estimate of drug-likeness (QED) is 0.898. The molecule has 0 radical (unpaired) electrons. The van der Waals surface area contributed by atoms with Crippen molar-refractivity contribution in [3.63, 3.8) is 0 Å². The number of nitrogens with zero attached hydrogens (tertiary/aromatic N) is 2. The zero-order valence-corrected chi connectivity index (χ0v) is 12.2. The predicted octanol–water partition coefficient (Wildman–Crippen LogP) is 1.15. The number of carbonyl (C=O) groups excluding carboxylic acids is 1. The first-order valence-corrected chi connectivity index (χ1v) is 7.43. The number of amides is 1. The second-order valence-electron chi connectivity index (χ2n) is 5.52. The molecule has 0 bridgehead atoms. The fourth-order valence-corrected chi connectivity index (χ4v) is 2.90. The van der Waals surface area contributed by atoms with Crippen LogP contribution in [0.3, 0.4) is 0 Å². The first-order chi connectivity index (χ1) is 10.2. The highest BCUT2D eigenvalue weighted by molar-refractivity contribution is 5.91. The third-order valence-electron chi connectivity index (χ3n) is 3.86. The van der Waals surface area contributed by atoms with Crippen LogP contribution in [-0.4, -0.2) is 54.6 Å². The molecular weight excluding hydrogens is 274 g/mol. The molecule has 1 aromatic rings. The maximum Gasteiger partial charge on any atom is 0.240 e. The number of hydrogen-bond acceptors (Lipinski definition) is 6. The summed E-state index contributed by atoms with van der Waals surface area (Å²) >= 11 is 0. The van der Waals surface area contributed by atoms with Gasteiger partial charge in [0.15, 0.2) is 6.29 Å². The number of hydrogen-bond donors (Lipinski definition) is 1. The summed E-state index contributed by atoms with van der Waals surface area (Å²) in [6, 6.07) is 1.86. The monoisotopic (exact) mass is 295 g/mol. The minimum Gasteiger partial charge on any atom is -0.349 e. The lowest BCUT2D eigenvalue weighted by atomic mass is 10.0. The van der Waals surface area contributed by atoms with E-state index in [0.717, 1.165) is 31.5 Å². The lowest BCUT2D eigenvalue weighted by Gasteiger charge is -2.37. The second kappa shape index (κ2) is 6.55. The fraction of sp³-hybridized carbons (Fsp3) is 0.714. The van der Waals surface area contributed by atoms with Crippen molar-refractivity contribution in [2.24, 2.45) is 0 Å². The Bertz CT molecular complexity index is 484. The van der Waals surface area contributed by atoms with Crippen LogP contribution in [-0.2, 0) is 14.3 Å². The summed E-state index contributed by atoms with van der Waals surface area (Å²) in [6.45, 7) is 4.29. The summed E-state index contributed by atoms with van der Waals surface area (Å²) in [6.07, 6.45) is 3.04. The molecule has 2 aliphatic rings. The van der Waals surface area contributed by atoms with Gasteiger partial charge in [0.1, 0.15) is 0 Å². The Morgan fingerprint density at radius 1 is 1.43 bits per heavy atom. The number of aromatic nitrogens is 1. The van der Waals surface area contributed by atoms with Crippen LogP contribution in [0.5, 0.6) is 0 Å². The zero-order chi connectivity index (χ0) is 14.7. The van der Waals surface area contributed by atoms with Crippen molar-refractivity contribution in [2.75, 3.05) is 31.6 Å². The van der Waals surface area contributed by atoms with E-state index in [1.54, 1.807) is 6.07 Å². The van der Waals surface area contributed by atoms with Crippen molar-refractivity contribution in [1.29, 1.82) is 0 Å². The minimum atomic E-state index is -0.203. The van der Waals surface area contributed by atoms with Gasteiger partial charge in [-0.25, -0.2) is 0 Å². The molecule has 2 fully saturated rings. The smallest absolute Gasteiger partial charge is 0.240 e. The molecule has 7 nitrogen and oxygen atoms in total. The first kappa shape index (κ1) is 14.5. The number of aryl methyl sites for hydroxylation is 1. The molecular formula is C14H21N3O4. The highest BCUT2D eigenvalue weighted by atomic mass is 16.7. The molecule has 1 N–H and O–H groups in total. The Morgan fingerprint density at radius 2 is 2.24 bits per heavy atom. The van der Waals surface area contributed by atoms with Gasteiger partial charge in [-0.1, -0.05) is 11.6 Å². The number of rotatable bonds is 4. The van der Waals surface area contributed by atoms with E-state index in [2.05, 4.69) is 15.4 Å². The van der Waals surface area contributed by atoms with Crippen LogP contribution in [0.4, 0.5) is 5.88 Å². The molecule has 0 saturated carbocycles. The second-order valence-corrected chi connectivity index (χ2v) is 5.52. The Labute approximate surface area is 123 Å². The van der Waals surface area contributed by atoms with E-state index in [9.17, 15) is 4.79 Å². The van der Waals surface area contributed by atoms with Crippen LogP contribution in [0.1, 0.15) is 25.0 Å². The Hall–Kier alpha value is -1.44. The molecule has 1 atom stereocenters. The van der Waals surface area contributed by atoms with Crippen LogP contribution in [0, 0.1) is 6.92 Å². The summed E-state index contributed by atoms with van der Waals surface area (Å²) < 4.78 is 16.2. The van der Waals surface area contributed by atoms with Gasteiger partial charge in [-0.05, 0) is 26.3 Å². The Kier molecular flexibility index (Phi) is 4.52. The van der Waals surface area contributed by atoms with E-state index in [4.69, 9.17) is 14.0 Å². The molecule has 0 aromatic carbocycles. The van der Waals surface area contributed by atoms with Crippen LogP contribution in [0.15, 0.2) is 10.6 Å². The van der Waals surface area contributed by atoms with Crippen molar-refractivity contribution in [3.8, 4) is 0 Å². The van der Waals surface area contributed by atoms with E-state index in [1.165, 1.54) is 0 Å². The predicted molar refractivity (Wildman–Crippen MR) is 74.8 cm³/mol. The van der Waals surface area contributed by atoms with Gasteiger partial charge in [0, 0.05) is 6.07 Å². The number of ether oxygens (including phenoxy) is 2. The average molecular weight is 295 g/mol. The topological polar surface area (TPSA) is 76.8 Å². The van der Waals surface area contributed by atoms with Gasteiger partial charge >= 0.3 is 0 Å². The third-order valence-corrected chi connectivity index (χ3v) is 3.86. The Balaban J connectivity index is 1.57. The fourth-order valence-electron chi connectivity index (χ4n) is 2.90. The number of carbonyl (C=O) groups is 1. The Morgan fingerprint density at radius 3 is 2.95 bits per heavy atom. The van der Waals surface area contributed by atoms with E-state index in [-0.39, 0.29) is 18.2 Å². The molecule has 1 amide bonds. The molecule has 116 valence electrons. The molecule has 1 aromatic heterocycles. The summed E-state index contributed by atoms with van der Waals surface area (Å²) in [5.41, 5.74) is 0.744. The number of likely N-dealkylation sites (tertiary alicyclic amines) is 1. The van der Waals surface area contributed by atoms with Crippen molar-refractivity contribution < 1.29 is 18.8 Å². The van der Waals surface area contributed by atoms with E-state index in [1.807, 2.05) is 6.92 Å². The number of piperidine rings is 1. The maximum atomic E-state index is 12.1. The maximum absolute atomic E-state index is 12.1. The van der Waals surface area contributed by atoms with Gasteiger partial charge < -0.3 is 14.0 Å². The SMILES string of the molecule is Cc1cc(NC(=O)CN2CCCCC2C2OCCO2)on1. The molecule has 2 saturated heterocycles. The molecule has 0 spiro atoms. The largest absolute Gasteiger partial charge is 0.349 e. The van der Waals surface area contributed by atoms with Gasteiger partial charge in [0.2, 0.25) is 11.8 Å². The number of nitrogens with one attached hydrogen (secondary N) is 1. The summed E-state index contributed by atoms with van der Waals surface area (Å²) in [7, 11) is 0. The zero-order valence-electron chi connectivity index (χ0n) is 12.2. The van der Waals surface area contributed by atoms with Crippen LogP contribution < -0.4 is 5.32 Å². The van der Waals surface area contributed by atoms with Gasteiger partial charge in [0.05, 0.1) is 31.5 Å². The van der Waals surface area contributed by atoms with E-state index >= 15 is 0 Å². The summed E-state index contributed by atoms with van der Waals surface area (Å²) in [5, 5.41) is 6.48. The molecule has 1 unspecified atom stereocenters. The molecule has 21 heavy (non-hydrogen) atoms. The summed E-state index contributed by atoms with van der Waals surface area (Å²) in [4.78, 5) is 14.3. The molecule has 3 rings (SSSR count). The van der Waals surface area contributed by atoms with Crippen molar-refractivity contribution in [1.82, 2.24) is 10.1 Å². The minimum absolute atomic E-state index is 0.101. The van der Waals surface area contributed by atoms with Crippen LogP contribution in [0.2, 0.25) is 0 Å². The van der Waals surface area contributed by atoms with Crippen molar-refractivity contribution in [3.05, 3.63) is 11.8 Å². The molecule has 0 aliphatic carbocycles. The van der Waals surface area contributed by atoms with Crippen LogP contribution >= 0.6 is 0 Å². The van der Waals surface area contributed by atoms with Crippen LogP contribution in [0.25, 0.3) is 0 Å². The highest BCUT2D eigenvalue weighted by Crippen LogP contribution is 2.24. The standard InChI is InChI=1S/C14H21N3O4/c1-10-8-13(21-16-10)15-12(18)9-17-5-3-2-4-11(17)14-19-6-7-20-14/h8,11,14H,2-7,9H2,1H3,(H,15,18). The molecule has 7 heteroatoms.